The molecule has 3 heterocycles. The van der Waals surface area contributed by atoms with Gasteiger partial charge in [-0.05, 0) is 53.4 Å². The molecule has 5 nitrogen and oxygen atoms in total. The molecule has 2 aromatic heterocycles. The fraction of sp³-hybridized carbons (Fsp3) is 0.200. The molecule has 1 aliphatic rings. The van der Waals surface area contributed by atoms with Crippen LogP contribution in [0.2, 0.25) is 0 Å². The Bertz CT molecular complexity index is 915. The lowest BCUT2D eigenvalue weighted by Gasteiger charge is -2.24. The van der Waals surface area contributed by atoms with Gasteiger partial charge in [0.15, 0.2) is 0 Å². The first-order valence-corrected chi connectivity index (χ1v) is 9.62. The summed E-state index contributed by atoms with van der Waals surface area (Å²) in [6.45, 7) is 0.737. The van der Waals surface area contributed by atoms with E-state index in [0.717, 1.165) is 19.4 Å². The molecule has 0 saturated carbocycles. The number of rotatable bonds is 4. The van der Waals surface area contributed by atoms with Gasteiger partial charge in [0, 0.05) is 18.7 Å². The van der Waals surface area contributed by atoms with E-state index in [1.54, 1.807) is 35.6 Å². The maximum absolute atomic E-state index is 13.2. The summed E-state index contributed by atoms with van der Waals surface area (Å²) < 4.78 is 18.7. The third-order valence-electron chi connectivity index (χ3n) is 4.45. The Morgan fingerprint density at radius 3 is 2.96 bits per heavy atom. The van der Waals surface area contributed by atoms with Crippen LogP contribution in [0.1, 0.15) is 24.4 Å². The topological polar surface area (TPSA) is 54.5 Å². The Morgan fingerprint density at radius 2 is 2.22 bits per heavy atom. The Hall–Kier alpha value is -2.93. The zero-order chi connectivity index (χ0) is 18.6. The summed E-state index contributed by atoms with van der Waals surface area (Å²) >= 11 is 1.64. The molecule has 138 valence electrons. The van der Waals surface area contributed by atoms with Crippen LogP contribution in [0.4, 0.5) is 14.9 Å². The molecule has 27 heavy (non-hydrogen) atoms. The largest absolute Gasteiger partial charge is 0.439 e. The van der Waals surface area contributed by atoms with Crippen LogP contribution in [0.5, 0.6) is 11.6 Å². The number of urea groups is 1. The normalized spacial score (nSPS) is 16.3. The van der Waals surface area contributed by atoms with E-state index >= 15 is 0 Å². The summed E-state index contributed by atoms with van der Waals surface area (Å²) in [4.78, 5) is 18.7. The van der Waals surface area contributed by atoms with E-state index in [9.17, 15) is 9.18 Å². The SMILES string of the molecule is O=C(Nc1ccc(Oc2cccc(F)c2)nc1)N1CCCC1c1ccsc1. The summed E-state index contributed by atoms with van der Waals surface area (Å²) in [6.07, 6.45) is 3.50. The predicted molar refractivity (Wildman–Crippen MR) is 103 cm³/mol. The molecule has 1 N–H and O–H groups in total. The van der Waals surface area contributed by atoms with Gasteiger partial charge in [-0.1, -0.05) is 6.07 Å². The molecule has 1 atom stereocenters. The van der Waals surface area contributed by atoms with Crippen LogP contribution in [-0.4, -0.2) is 22.5 Å². The number of thiophene rings is 1. The number of nitrogens with one attached hydrogen (secondary N) is 1. The van der Waals surface area contributed by atoms with Crippen molar-refractivity contribution in [2.24, 2.45) is 0 Å². The quantitative estimate of drug-likeness (QED) is 0.652. The third-order valence-corrected chi connectivity index (χ3v) is 5.15. The maximum atomic E-state index is 13.2. The molecule has 0 radical (unpaired) electrons. The molecule has 0 aliphatic carbocycles. The van der Waals surface area contributed by atoms with Crippen LogP contribution in [-0.2, 0) is 0 Å². The van der Waals surface area contributed by atoms with Gasteiger partial charge in [-0.3, -0.25) is 0 Å². The van der Waals surface area contributed by atoms with Gasteiger partial charge in [-0.15, -0.1) is 0 Å². The van der Waals surface area contributed by atoms with E-state index < -0.39 is 0 Å². The van der Waals surface area contributed by atoms with Crippen molar-refractivity contribution in [3.63, 3.8) is 0 Å². The van der Waals surface area contributed by atoms with Gasteiger partial charge < -0.3 is 15.0 Å². The molecule has 1 aromatic carbocycles. The smallest absolute Gasteiger partial charge is 0.322 e. The first kappa shape index (κ1) is 17.5. The molecule has 3 aromatic rings. The second kappa shape index (κ2) is 7.75. The maximum Gasteiger partial charge on any atom is 0.322 e. The number of amides is 2. The number of benzene rings is 1. The van der Waals surface area contributed by atoms with E-state index in [4.69, 9.17) is 4.74 Å². The van der Waals surface area contributed by atoms with Crippen molar-refractivity contribution in [2.75, 3.05) is 11.9 Å². The third kappa shape index (κ3) is 4.09. The number of ether oxygens (including phenoxy) is 1. The van der Waals surface area contributed by atoms with Crippen LogP contribution in [0.3, 0.4) is 0 Å². The number of anilines is 1. The minimum Gasteiger partial charge on any atom is -0.439 e. The molecule has 2 amide bonds. The van der Waals surface area contributed by atoms with Crippen molar-refractivity contribution in [3.05, 3.63) is 70.8 Å². The van der Waals surface area contributed by atoms with Crippen molar-refractivity contribution in [1.29, 1.82) is 0 Å². The van der Waals surface area contributed by atoms with E-state index in [2.05, 4.69) is 21.7 Å². The fourth-order valence-electron chi connectivity index (χ4n) is 3.18. The minimum atomic E-state index is -0.373. The zero-order valence-corrected chi connectivity index (χ0v) is 15.3. The van der Waals surface area contributed by atoms with E-state index in [0.29, 0.717) is 17.3 Å². The van der Waals surface area contributed by atoms with E-state index in [1.807, 2.05) is 10.3 Å². The molecule has 0 spiro atoms. The predicted octanol–water partition coefficient (Wildman–Crippen LogP) is 5.44. The van der Waals surface area contributed by atoms with Crippen molar-refractivity contribution >= 4 is 23.1 Å². The number of hydrogen-bond donors (Lipinski definition) is 1. The molecule has 0 bridgehead atoms. The van der Waals surface area contributed by atoms with Crippen LogP contribution in [0, 0.1) is 5.82 Å². The van der Waals surface area contributed by atoms with E-state index in [1.165, 1.54) is 23.9 Å². The summed E-state index contributed by atoms with van der Waals surface area (Å²) in [5.41, 5.74) is 1.77. The van der Waals surface area contributed by atoms with Crippen molar-refractivity contribution in [3.8, 4) is 11.6 Å². The summed E-state index contributed by atoms with van der Waals surface area (Å²) in [7, 11) is 0. The summed E-state index contributed by atoms with van der Waals surface area (Å²) in [5, 5.41) is 7.01. The molecular formula is C20H18FN3O2S. The standard InChI is InChI=1S/C20H18FN3O2S/c21-15-3-1-4-17(11-15)26-19-7-6-16(12-22-19)23-20(25)24-9-2-5-18(24)14-8-10-27-13-14/h1,3-4,6-8,10-13,18H,2,5,9H2,(H,23,25). The Morgan fingerprint density at radius 1 is 1.30 bits per heavy atom. The second-order valence-electron chi connectivity index (χ2n) is 6.28. The lowest BCUT2D eigenvalue weighted by atomic mass is 10.1. The molecule has 1 aliphatic heterocycles. The highest BCUT2D eigenvalue weighted by Crippen LogP contribution is 2.33. The second-order valence-corrected chi connectivity index (χ2v) is 7.06. The lowest BCUT2D eigenvalue weighted by molar-refractivity contribution is 0.207. The van der Waals surface area contributed by atoms with Crippen LogP contribution < -0.4 is 10.1 Å². The van der Waals surface area contributed by atoms with Gasteiger partial charge in [0.05, 0.1) is 17.9 Å². The molecular weight excluding hydrogens is 365 g/mol. The molecule has 4 rings (SSSR count). The van der Waals surface area contributed by atoms with Crippen LogP contribution in [0.25, 0.3) is 0 Å². The number of carbonyl (C=O) groups is 1. The average molecular weight is 383 g/mol. The zero-order valence-electron chi connectivity index (χ0n) is 14.5. The van der Waals surface area contributed by atoms with Crippen molar-refractivity contribution < 1.29 is 13.9 Å². The van der Waals surface area contributed by atoms with Crippen LogP contribution in [0.15, 0.2) is 59.4 Å². The summed E-state index contributed by atoms with van der Waals surface area (Å²) in [5.74, 6) is 0.327. The number of carbonyl (C=O) groups excluding carboxylic acids is 1. The number of halogens is 1. The van der Waals surface area contributed by atoms with Crippen molar-refractivity contribution in [2.45, 2.75) is 18.9 Å². The van der Waals surface area contributed by atoms with Gasteiger partial charge in [0.25, 0.3) is 0 Å². The molecule has 1 unspecified atom stereocenters. The number of aromatic nitrogens is 1. The van der Waals surface area contributed by atoms with Gasteiger partial charge in [0.1, 0.15) is 11.6 Å². The highest BCUT2D eigenvalue weighted by molar-refractivity contribution is 7.08. The van der Waals surface area contributed by atoms with Crippen LogP contribution >= 0.6 is 11.3 Å². The van der Waals surface area contributed by atoms with E-state index in [-0.39, 0.29) is 17.9 Å². The Labute approximate surface area is 160 Å². The van der Waals surface area contributed by atoms with Gasteiger partial charge in [-0.2, -0.15) is 11.3 Å². The number of nitrogens with zero attached hydrogens (tertiary/aromatic N) is 2. The highest BCUT2D eigenvalue weighted by Gasteiger charge is 2.30. The van der Waals surface area contributed by atoms with Gasteiger partial charge in [-0.25, -0.2) is 14.2 Å². The molecule has 1 fully saturated rings. The number of pyridine rings is 1. The average Bonchev–Trinajstić information content (AvgIpc) is 3.35. The monoisotopic (exact) mass is 383 g/mol. The summed E-state index contributed by atoms with van der Waals surface area (Å²) in [6, 6.07) is 11.3. The molecule has 7 heteroatoms. The highest BCUT2D eigenvalue weighted by atomic mass is 32.1. The Kier molecular flexibility index (Phi) is 5.02. The first-order valence-electron chi connectivity index (χ1n) is 8.68. The van der Waals surface area contributed by atoms with Gasteiger partial charge in [0.2, 0.25) is 5.88 Å². The number of likely N-dealkylation sites (tertiary alicyclic amines) is 1. The van der Waals surface area contributed by atoms with Crippen molar-refractivity contribution in [1.82, 2.24) is 9.88 Å². The lowest BCUT2D eigenvalue weighted by Crippen LogP contribution is -2.34. The first-order chi connectivity index (χ1) is 13.2. The Balaban J connectivity index is 1.40. The minimum absolute atomic E-state index is 0.125. The fourth-order valence-corrected chi connectivity index (χ4v) is 3.89. The van der Waals surface area contributed by atoms with Gasteiger partial charge >= 0.3 is 6.03 Å². The number of hydrogen-bond acceptors (Lipinski definition) is 4. The molecule has 1 saturated heterocycles.